The first-order valence-corrected chi connectivity index (χ1v) is 6.11. The van der Waals surface area contributed by atoms with Gasteiger partial charge in [-0.15, -0.1) is 0 Å². The van der Waals surface area contributed by atoms with Crippen LogP contribution < -0.4 is 5.32 Å². The van der Waals surface area contributed by atoms with E-state index in [2.05, 4.69) is 31.0 Å². The first-order chi connectivity index (χ1) is 8.29. The highest BCUT2D eigenvalue weighted by atomic mass is 16.5. The predicted octanol–water partition coefficient (Wildman–Crippen LogP) is 2.30. The van der Waals surface area contributed by atoms with Crippen LogP contribution >= 0.6 is 0 Å². The molecule has 1 N–H and O–H groups in total. The normalized spacial score (nSPS) is 10.1. The lowest BCUT2D eigenvalue weighted by molar-refractivity contribution is 0.112. The minimum Gasteiger partial charge on any atom is -0.380 e. The molecular formula is C15H21NO. The summed E-state index contributed by atoms with van der Waals surface area (Å²) < 4.78 is 5.45. The second kappa shape index (κ2) is 8.81. The van der Waals surface area contributed by atoms with Crippen LogP contribution in [0.4, 0.5) is 0 Å². The smallest absolute Gasteiger partial charge is 0.0591 e. The maximum absolute atomic E-state index is 5.45. The van der Waals surface area contributed by atoms with Gasteiger partial charge in [0.05, 0.1) is 13.2 Å². The molecular weight excluding hydrogens is 210 g/mol. The van der Waals surface area contributed by atoms with Crippen molar-refractivity contribution in [2.45, 2.75) is 13.8 Å². The van der Waals surface area contributed by atoms with E-state index in [0.29, 0.717) is 12.5 Å². The lowest BCUT2D eigenvalue weighted by Crippen LogP contribution is -2.20. The van der Waals surface area contributed by atoms with Gasteiger partial charge < -0.3 is 10.1 Å². The Balaban J connectivity index is 2.03. The standard InChI is InChI=1S/C15H21NO/c1-14(2)13-17-12-11-16-10-6-9-15-7-4-3-5-8-15/h3-5,7-8,14,16H,10-13H2,1-2H3. The molecule has 0 fully saturated rings. The van der Waals surface area contributed by atoms with Gasteiger partial charge in [-0.05, 0) is 18.1 Å². The molecule has 1 aromatic rings. The van der Waals surface area contributed by atoms with Gasteiger partial charge in [0.1, 0.15) is 0 Å². The third kappa shape index (κ3) is 7.57. The Kier molecular flexibility index (Phi) is 7.13. The van der Waals surface area contributed by atoms with Crippen LogP contribution in [0.1, 0.15) is 19.4 Å². The van der Waals surface area contributed by atoms with E-state index in [1.807, 2.05) is 30.3 Å². The quantitative estimate of drug-likeness (QED) is 0.599. The number of hydrogen-bond acceptors (Lipinski definition) is 2. The third-order valence-corrected chi connectivity index (χ3v) is 2.09. The average Bonchev–Trinajstić information content (AvgIpc) is 2.33. The van der Waals surface area contributed by atoms with Gasteiger partial charge in [-0.1, -0.05) is 43.9 Å². The summed E-state index contributed by atoms with van der Waals surface area (Å²) in [6.07, 6.45) is 0. The Morgan fingerprint density at radius 1 is 1.24 bits per heavy atom. The molecule has 0 unspecified atom stereocenters. The fraction of sp³-hybridized carbons (Fsp3) is 0.467. The molecule has 0 aliphatic rings. The highest BCUT2D eigenvalue weighted by Gasteiger charge is 1.92. The van der Waals surface area contributed by atoms with Crippen LogP contribution in [0.15, 0.2) is 30.3 Å². The Labute approximate surface area is 104 Å². The molecule has 2 nitrogen and oxygen atoms in total. The van der Waals surface area contributed by atoms with Crippen molar-refractivity contribution in [2.75, 3.05) is 26.3 Å². The second-order valence-electron chi connectivity index (χ2n) is 4.31. The minimum absolute atomic E-state index is 0.605. The first-order valence-electron chi connectivity index (χ1n) is 6.11. The van der Waals surface area contributed by atoms with Crippen LogP contribution in [0.3, 0.4) is 0 Å². The van der Waals surface area contributed by atoms with Gasteiger partial charge in [0, 0.05) is 18.7 Å². The summed E-state index contributed by atoms with van der Waals surface area (Å²) in [6, 6.07) is 10.0. The van der Waals surface area contributed by atoms with E-state index >= 15 is 0 Å². The molecule has 1 aromatic carbocycles. The summed E-state index contributed by atoms with van der Waals surface area (Å²) in [4.78, 5) is 0. The van der Waals surface area contributed by atoms with Gasteiger partial charge in [0.2, 0.25) is 0 Å². The van der Waals surface area contributed by atoms with Crippen molar-refractivity contribution in [1.82, 2.24) is 5.32 Å². The summed E-state index contributed by atoms with van der Waals surface area (Å²) in [5.74, 6) is 6.79. The van der Waals surface area contributed by atoms with Crippen molar-refractivity contribution < 1.29 is 4.74 Å². The largest absolute Gasteiger partial charge is 0.380 e. The van der Waals surface area contributed by atoms with Crippen molar-refractivity contribution >= 4 is 0 Å². The highest BCUT2D eigenvalue weighted by molar-refractivity contribution is 5.33. The molecule has 0 bridgehead atoms. The molecule has 0 spiro atoms. The molecule has 0 amide bonds. The van der Waals surface area contributed by atoms with Gasteiger partial charge in [0.25, 0.3) is 0 Å². The lowest BCUT2D eigenvalue weighted by atomic mass is 10.2. The molecule has 0 aliphatic heterocycles. The summed E-state index contributed by atoms with van der Waals surface area (Å²) in [7, 11) is 0. The van der Waals surface area contributed by atoms with Crippen LogP contribution in [0.2, 0.25) is 0 Å². The zero-order valence-electron chi connectivity index (χ0n) is 10.7. The molecule has 17 heavy (non-hydrogen) atoms. The summed E-state index contributed by atoms with van der Waals surface area (Å²) in [5.41, 5.74) is 1.06. The molecule has 0 saturated carbocycles. The van der Waals surface area contributed by atoms with Crippen molar-refractivity contribution in [1.29, 1.82) is 0 Å². The zero-order valence-corrected chi connectivity index (χ0v) is 10.7. The van der Waals surface area contributed by atoms with Crippen molar-refractivity contribution in [3.63, 3.8) is 0 Å². The molecule has 0 atom stereocenters. The number of rotatable bonds is 6. The third-order valence-electron chi connectivity index (χ3n) is 2.09. The lowest BCUT2D eigenvalue weighted by Gasteiger charge is -2.06. The topological polar surface area (TPSA) is 21.3 Å². The van der Waals surface area contributed by atoms with Crippen molar-refractivity contribution in [2.24, 2.45) is 5.92 Å². The van der Waals surface area contributed by atoms with Crippen LogP contribution in [0, 0.1) is 17.8 Å². The Bertz CT molecular complexity index is 348. The van der Waals surface area contributed by atoms with Gasteiger partial charge in [0.15, 0.2) is 0 Å². The van der Waals surface area contributed by atoms with Crippen molar-refractivity contribution in [3.05, 3.63) is 35.9 Å². The maximum atomic E-state index is 5.45. The molecule has 1 rings (SSSR count). The van der Waals surface area contributed by atoms with E-state index in [1.165, 1.54) is 0 Å². The fourth-order valence-corrected chi connectivity index (χ4v) is 1.28. The summed E-state index contributed by atoms with van der Waals surface area (Å²) in [5, 5.41) is 3.23. The average molecular weight is 231 g/mol. The van der Waals surface area contributed by atoms with Gasteiger partial charge >= 0.3 is 0 Å². The Morgan fingerprint density at radius 2 is 2.00 bits per heavy atom. The first kappa shape index (κ1) is 13.8. The summed E-state index contributed by atoms with van der Waals surface area (Å²) >= 11 is 0. The number of benzene rings is 1. The Hall–Kier alpha value is -1.30. The number of hydrogen-bond donors (Lipinski definition) is 1. The van der Waals surface area contributed by atoms with Crippen molar-refractivity contribution in [3.8, 4) is 11.8 Å². The fourth-order valence-electron chi connectivity index (χ4n) is 1.28. The summed E-state index contributed by atoms with van der Waals surface area (Å²) in [6.45, 7) is 7.45. The molecule has 92 valence electrons. The van der Waals surface area contributed by atoms with E-state index in [-0.39, 0.29) is 0 Å². The number of nitrogens with one attached hydrogen (secondary N) is 1. The van der Waals surface area contributed by atoms with E-state index < -0.39 is 0 Å². The molecule has 0 saturated heterocycles. The van der Waals surface area contributed by atoms with Gasteiger partial charge in [-0.2, -0.15) is 0 Å². The number of ether oxygens (including phenoxy) is 1. The minimum atomic E-state index is 0.605. The van der Waals surface area contributed by atoms with E-state index in [9.17, 15) is 0 Å². The molecule has 0 heterocycles. The van der Waals surface area contributed by atoms with Gasteiger partial charge in [-0.3, -0.25) is 0 Å². The monoisotopic (exact) mass is 231 g/mol. The SMILES string of the molecule is CC(C)COCCNCC#Cc1ccccc1. The van der Waals surface area contributed by atoms with Crippen LogP contribution in [-0.2, 0) is 4.74 Å². The maximum Gasteiger partial charge on any atom is 0.0591 e. The second-order valence-corrected chi connectivity index (χ2v) is 4.31. The van der Waals surface area contributed by atoms with Crippen LogP contribution in [0.25, 0.3) is 0 Å². The predicted molar refractivity (Wildman–Crippen MR) is 71.8 cm³/mol. The van der Waals surface area contributed by atoms with E-state index in [0.717, 1.165) is 25.3 Å². The Morgan fingerprint density at radius 3 is 2.71 bits per heavy atom. The molecule has 0 aliphatic carbocycles. The van der Waals surface area contributed by atoms with E-state index in [1.54, 1.807) is 0 Å². The van der Waals surface area contributed by atoms with E-state index in [4.69, 9.17) is 4.74 Å². The van der Waals surface area contributed by atoms with Crippen LogP contribution in [-0.4, -0.2) is 26.3 Å². The molecule has 0 radical (unpaired) electrons. The highest BCUT2D eigenvalue weighted by Crippen LogP contribution is 1.94. The van der Waals surface area contributed by atoms with Gasteiger partial charge in [-0.25, -0.2) is 0 Å². The molecule has 0 aromatic heterocycles. The molecule has 2 heteroatoms. The zero-order chi connectivity index (χ0) is 12.3. The van der Waals surface area contributed by atoms with Crippen LogP contribution in [0.5, 0.6) is 0 Å².